The largest absolute Gasteiger partial charge is 0.352 e. The third-order valence-electron chi connectivity index (χ3n) is 5.47. The Balaban J connectivity index is 2.46. The fourth-order valence-corrected chi connectivity index (χ4v) is 4.79. The number of carbonyl (C=O) groups is 2. The minimum Gasteiger partial charge on any atom is -0.352 e. The van der Waals surface area contributed by atoms with Gasteiger partial charge < -0.3 is 10.2 Å². The third kappa shape index (κ3) is 8.37. The normalized spacial score (nSPS) is 13.1. The highest BCUT2D eigenvalue weighted by Gasteiger charge is 2.32. The van der Waals surface area contributed by atoms with Crippen LogP contribution in [-0.4, -0.2) is 50.0 Å². The van der Waals surface area contributed by atoms with E-state index >= 15 is 0 Å². The average molecular weight is 546 g/mol. The first-order valence-electron chi connectivity index (χ1n) is 11.1. The molecule has 0 heterocycles. The number of carbonyl (C=O) groups excluding carboxylic acids is 2. The Morgan fingerprint density at radius 2 is 1.60 bits per heavy atom. The summed E-state index contributed by atoms with van der Waals surface area (Å²) < 4.78 is 39.6. The number of benzene rings is 2. The Kier molecular flexibility index (Phi) is 10.4. The van der Waals surface area contributed by atoms with Gasteiger partial charge in [-0.3, -0.25) is 13.9 Å². The monoisotopic (exact) mass is 545 g/mol. The van der Waals surface area contributed by atoms with Gasteiger partial charge in [-0.25, -0.2) is 12.8 Å². The van der Waals surface area contributed by atoms with E-state index in [4.69, 9.17) is 23.2 Å². The lowest BCUT2D eigenvalue weighted by Crippen LogP contribution is -2.53. The number of halogens is 3. The maximum Gasteiger partial charge on any atom is 0.244 e. The van der Waals surface area contributed by atoms with Crippen molar-refractivity contribution in [2.45, 2.75) is 52.2 Å². The van der Waals surface area contributed by atoms with E-state index in [0.29, 0.717) is 12.0 Å². The minimum atomic E-state index is -3.92. The second-order valence-corrected chi connectivity index (χ2v) is 11.1. The molecule has 0 saturated heterocycles. The molecule has 2 amide bonds. The molecule has 0 fully saturated rings. The average Bonchev–Trinajstić information content (AvgIpc) is 2.76. The van der Waals surface area contributed by atoms with Crippen LogP contribution in [0.25, 0.3) is 0 Å². The van der Waals surface area contributed by atoms with Crippen LogP contribution in [0.1, 0.15) is 39.2 Å². The number of sulfonamides is 1. The van der Waals surface area contributed by atoms with Crippen molar-refractivity contribution in [1.82, 2.24) is 10.2 Å². The van der Waals surface area contributed by atoms with Gasteiger partial charge in [0.2, 0.25) is 21.8 Å². The van der Waals surface area contributed by atoms with Gasteiger partial charge in [0.1, 0.15) is 18.4 Å². The zero-order valence-corrected chi connectivity index (χ0v) is 22.4. The van der Waals surface area contributed by atoms with Crippen LogP contribution in [0, 0.1) is 5.82 Å². The van der Waals surface area contributed by atoms with Crippen molar-refractivity contribution in [3.05, 3.63) is 63.9 Å². The van der Waals surface area contributed by atoms with Crippen LogP contribution in [0.4, 0.5) is 10.1 Å². The Hall–Kier alpha value is -2.36. The summed E-state index contributed by atoms with van der Waals surface area (Å²) in [5.41, 5.74) is 0.712. The van der Waals surface area contributed by atoms with Crippen LogP contribution in [0.15, 0.2) is 42.5 Å². The lowest BCUT2D eigenvalue weighted by Gasteiger charge is -2.33. The van der Waals surface area contributed by atoms with E-state index in [9.17, 15) is 22.4 Å². The molecule has 0 aliphatic carbocycles. The van der Waals surface area contributed by atoms with Gasteiger partial charge in [0.25, 0.3) is 0 Å². The first-order valence-corrected chi connectivity index (χ1v) is 13.7. The number of rotatable bonds is 11. The molecule has 1 N–H and O–H groups in total. The van der Waals surface area contributed by atoms with E-state index < -0.39 is 34.3 Å². The summed E-state index contributed by atoms with van der Waals surface area (Å²) in [4.78, 5) is 27.9. The van der Waals surface area contributed by atoms with Crippen LogP contribution in [0.3, 0.4) is 0 Å². The molecule has 7 nitrogen and oxygen atoms in total. The minimum absolute atomic E-state index is 0.0144. The number of hydrogen-bond donors (Lipinski definition) is 1. The molecule has 0 aliphatic heterocycles. The highest BCUT2D eigenvalue weighted by Crippen LogP contribution is 2.27. The van der Waals surface area contributed by atoms with E-state index in [1.54, 1.807) is 6.92 Å². The standard InChI is InChI=1S/C24H30Cl2FN3O4S/c1-5-16(3)28-24(32)22(6-2)29(14-17-7-9-20(27)10-8-17)23(31)15-30(35(4,33)34)21-12-18(25)11-19(26)13-21/h7-13,16,22H,5-6,14-15H2,1-4H3,(H,28,32)/t16-,22+/m1/s1. The van der Waals surface area contributed by atoms with Crippen LogP contribution >= 0.6 is 23.2 Å². The Morgan fingerprint density at radius 3 is 2.09 bits per heavy atom. The second-order valence-electron chi connectivity index (χ2n) is 8.29. The van der Waals surface area contributed by atoms with Crippen molar-refractivity contribution >= 4 is 50.7 Å². The van der Waals surface area contributed by atoms with Crippen LogP contribution in [0.2, 0.25) is 10.0 Å². The van der Waals surface area contributed by atoms with E-state index in [-0.39, 0.29) is 40.6 Å². The molecule has 0 aromatic heterocycles. The molecule has 0 bridgehead atoms. The van der Waals surface area contributed by atoms with Crippen molar-refractivity contribution in [3.8, 4) is 0 Å². The van der Waals surface area contributed by atoms with Crippen LogP contribution in [-0.2, 0) is 26.2 Å². The van der Waals surface area contributed by atoms with Crippen molar-refractivity contribution in [2.24, 2.45) is 0 Å². The SMILES string of the molecule is CC[C@@H](C)NC(=O)[C@H](CC)N(Cc1ccc(F)cc1)C(=O)CN(c1cc(Cl)cc(Cl)c1)S(C)(=O)=O. The molecule has 2 atom stereocenters. The molecule has 0 radical (unpaired) electrons. The van der Waals surface area contributed by atoms with Crippen LogP contribution in [0.5, 0.6) is 0 Å². The first-order chi connectivity index (χ1) is 16.3. The summed E-state index contributed by atoms with van der Waals surface area (Å²) in [6.45, 7) is 4.94. The molecule has 2 rings (SSSR count). The van der Waals surface area contributed by atoms with Gasteiger partial charge >= 0.3 is 0 Å². The second kappa shape index (κ2) is 12.6. The highest BCUT2D eigenvalue weighted by atomic mass is 35.5. The molecule has 35 heavy (non-hydrogen) atoms. The van der Waals surface area contributed by atoms with Gasteiger partial charge in [-0.05, 0) is 55.7 Å². The zero-order valence-electron chi connectivity index (χ0n) is 20.1. The van der Waals surface area contributed by atoms with E-state index in [1.807, 2.05) is 13.8 Å². The van der Waals surface area contributed by atoms with E-state index in [2.05, 4.69) is 5.32 Å². The number of amides is 2. The molecular weight excluding hydrogens is 516 g/mol. The maximum absolute atomic E-state index is 13.6. The smallest absolute Gasteiger partial charge is 0.244 e. The summed E-state index contributed by atoms with van der Waals surface area (Å²) in [6.07, 6.45) is 1.95. The molecule has 0 aliphatic rings. The number of nitrogens with one attached hydrogen (secondary N) is 1. The molecular formula is C24H30Cl2FN3O4S. The predicted octanol–water partition coefficient (Wildman–Crippen LogP) is 4.62. The fraction of sp³-hybridized carbons (Fsp3) is 0.417. The summed E-state index contributed by atoms with van der Waals surface area (Å²) in [5.74, 6) is -1.40. The van der Waals surface area contributed by atoms with Crippen molar-refractivity contribution in [2.75, 3.05) is 17.1 Å². The van der Waals surface area contributed by atoms with Gasteiger partial charge in [-0.1, -0.05) is 49.2 Å². The molecule has 0 unspecified atom stereocenters. The topological polar surface area (TPSA) is 86.8 Å². The van der Waals surface area contributed by atoms with Crippen molar-refractivity contribution in [3.63, 3.8) is 0 Å². The lowest BCUT2D eigenvalue weighted by molar-refractivity contribution is -0.140. The molecule has 2 aromatic carbocycles. The van der Waals surface area contributed by atoms with E-state index in [1.165, 1.54) is 47.4 Å². The zero-order chi connectivity index (χ0) is 26.3. The highest BCUT2D eigenvalue weighted by molar-refractivity contribution is 7.92. The molecule has 0 saturated carbocycles. The predicted molar refractivity (Wildman–Crippen MR) is 138 cm³/mol. The van der Waals surface area contributed by atoms with Gasteiger partial charge in [-0.15, -0.1) is 0 Å². The summed E-state index contributed by atoms with van der Waals surface area (Å²) >= 11 is 12.1. The fourth-order valence-electron chi connectivity index (χ4n) is 3.44. The first kappa shape index (κ1) is 28.9. The van der Waals surface area contributed by atoms with Gasteiger partial charge in [0, 0.05) is 22.6 Å². The maximum atomic E-state index is 13.6. The van der Waals surface area contributed by atoms with Gasteiger partial charge in [-0.2, -0.15) is 0 Å². The number of nitrogens with zero attached hydrogens (tertiary/aromatic N) is 2. The van der Waals surface area contributed by atoms with Crippen LogP contribution < -0.4 is 9.62 Å². The Labute approximate surface area is 216 Å². The van der Waals surface area contributed by atoms with Crippen molar-refractivity contribution in [1.29, 1.82) is 0 Å². The van der Waals surface area contributed by atoms with E-state index in [0.717, 1.165) is 10.6 Å². The van der Waals surface area contributed by atoms with Gasteiger partial charge in [0.05, 0.1) is 11.9 Å². The summed E-state index contributed by atoms with van der Waals surface area (Å²) in [6, 6.07) is 8.79. The molecule has 192 valence electrons. The third-order valence-corrected chi connectivity index (χ3v) is 7.04. The van der Waals surface area contributed by atoms with Crippen molar-refractivity contribution < 1.29 is 22.4 Å². The molecule has 2 aromatic rings. The van der Waals surface area contributed by atoms with Gasteiger partial charge in [0.15, 0.2) is 0 Å². The lowest BCUT2D eigenvalue weighted by atomic mass is 10.1. The molecule has 11 heteroatoms. The summed E-state index contributed by atoms with van der Waals surface area (Å²) in [7, 11) is -3.92. The Morgan fingerprint density at radius 1 is 1.03 bits per heavy atom. The number of hydrogen-bond acceptors (Lipinski definition) is 4. The summed E-state index contributed by atoms with van der Waals surface area (Å²) in [5, 5.41) is 3.29. The Bertz CT molecular complexity index is 1130. The number of anilines is 1. The quantitative estimate of drug-likeness (QED) is 0.446. The molecule has 0 spiro atoms.